The molecule has 112 valence electrons. The van der Waals surface area contributed by atoms with Gasteiger partial charge < -0.3 is 14.1 Å². The number of rotatable bonds is 4. The molecule has 0 unspecified atom stereocenters. The number of anilines is 1. The number of aryl methyl sites for hydroxylation is 1. The minimum Gasteiger partial charge on any atom is -0.440 e. The number of benzene rings is 2. The first-order chi connectivity index (χ1) is 10.6. The number of hydrogen-bond donors (Lipinski definition) is 0. The quantitative estimate of drug-likeness (QED) is 0.742. The molecule has 0 saturated carbocycles. The van der Waals surface area contributed by atoms with Gasteiger partial charge in [0.2, 0.25) is 0 Å². The molecule has 1 amide bonds. The molecular formula is C17H16N2O3. The molecule has 0 spiro atoms. The summed E-state index contributed by atoms with van der Waals surface area (Å²) in [5.41, 5.74) is 3.26. The summed E-state index contributed by atoms with van der Waals surface area (Å²) in [6.45, 7) is 1.86. The third kappa shape index (κ3) is 2.93. The predicted molar refractivity (Wildman–Crippen MR) is 84.1 cm³/mol. The van der Waals surface area contributed by atoms with Crippen molar-refractivity contribution < 1.29 is 13.9 Å². The first-order valence-corrected chi connectivity index (χ1v) is 6.95. The van der Waals surface area contributed by atoms with Gasteiger partial charge in [-0.1, -0.05) is 24.3 Å². The minimum atomic E-state index is -0.173. The summed E-state index contributed by atoms with van der Waals surface area (Å²) >= 11 is 0. The van der Waals surface area contributed by atoms with Crippen molar-refractivity contribution in [3.63, 3.8) is 0 Å². The van der Waals surface area contributed by atoms with Gasteiger partial charge in [-0.3, -0.25) is 4.79 Å². The standard InChI is InChI=1S/C17H16N2O3/c1-12-6-5-7-13(10-12)19(2)16(20)11-21-17-18-14-8-3-4-9-15(14)22-17/h3-10H,11H2,1-2H3. The highest BCUT2D eigenvalue weighted by molar-refractivity contribution is 5.93. The number of aromatic nitrogens is 1. The SMILES string of the molecule is Cc1cccc(N(C)C(=O)COc2nc3ccccc3o2)c1. The lowest BCUT2D eigenvalue weighted by atomic mass is 10.2. The fourth-order valence-corrected chi connectivity index (χ4v) is 2.11. The summed E-state index contributed by atoms with van der Waals surface area (Å²) in [7, 11) is 1.71. The second kappa shape index (κ2) is 5.89. The number of fused-ring (bicyclic) bond motifs is 1. The van der Waals surface area contributed by atoms with E-state index in [2.05, 4.69) is 4.98 Å². The molecule has 0 aliphatic carbocycles. The van der Waals surface area contributed by atoms with E-state index < -0.39 is 0 Å². The summed E-state index contributed by atoms with van der Waals surface area (Å²) in [5, 5.41) is 0. The summed E-state index contributed by atoms with van der Waals surface area (Å²) < 4.78 is 10.8. The van der Waals surface area contributed by atoms with Crippen LogP contribution in [-0.2, 0) is 4.79 Å². The van der Waals surface area contributed by atoms with Crippen molar-refractivity contribution in [2.75, 3.05) is 18.6 Å². The molecule has 5 nitrogen and oxygen atoms in total. The third-order valence-corrected chi connectivity index (χ3v) is 3.36. The van der Waals surface area contributed by atoms with Crippen molar-refractivity contribution in [2.45, 2.75) is 6.92 Å². The highest BCUT2D eigenvalue weighted by Crippen LogP contribution is 2.20. The second-order valence-electron chi connectivity index (χ2n) is 5.03. The highest BCUT2D eigenvalue weighted by Gasteiger charge is 2.14. The van der Waals surface area contributed by atoms with Crippen molar-refractivity contribution in [3.05, 3.63) is 54.1 Å². The van der Waals surface area contributed by atoms with E-state index in [0.29, 0.717) is 11.1 Å². The van der Waals surface area contributed by atoms with E-state index >= 15 is 0 Å². The number of hydrogen-bond acceptors (Lipinski definition) is 4. The fraction of sp³-hybridized carbons (Fsp3) is 0.176. The van der Waals surface area contributed by atoms with Crippen LogP contribution in [0.5, 0.6) is 6.08 Å². The van der Waals surface area contributed by atoms with Gasteiger partial charge in [0.05, 0.1) is 0 Å². The van der Waals surface area contributed by atoms with Crippen LogP contribution in [0.15, 0.2) is 52.9 Å². The zero-order valence-electron chi connectivity index (χ0n) is 12.4. The van der Waals surface area contributed by atoms with Crippen molar-refractivity contribution in [3.8, 4) is 6.08 Å². The summed E-state index contributed by atoms with van der Waals surface area (Å²) in [6.07, 6.45) is 0.104. The molecular weight excluding hydrogens is 280 g/mol. The molecule has 0 bridgehead atoms. The Morgan fingerprint density at radius 2 is 2.05 bits per heavy atom. The van der Waals surface area contributed by atoms with Crippen LogP contribution in [0.3, 0.4) is 0 Å². The Hall–Kier alpha value is -2.82. The van der Waals surface area contributed by atoms with E-state index in [1.165, 1.54) is 0 Å². The van der Waals surface area contributed by atoms with Crippen LogP contribution in [0.1, 0.15) is 5.56 Å². The average Bonchev–Trinajstić information content (AvgIpc) is 2.94. The Morgan fingerprint density at radius 1 is 1.23 bits per heavy atom. The normalized spacial score (nSPS) is 10.6. The first-order valence-electron chi connectivity index (χ1n) is 6.95. The lowest BCUT2D eigenvalue weighted by molar-refractivity contribution is -0.120. The molecule has 5 heteroatoms. The van der Waals surface area contributed by atoms with E-state index in [1.807, 2.05) is 49.4 Å². The van der Waals surface area contributed by atoms with Crippen molar-refractivity contribution in [1.29, 1.82) is 0 Å². The Labute approximate surface area is 128 Å². The van der Waals surface area contributed by atoms with Gasteiger partial charge in [-0.25, -0.2) is 0 Å². The van der Waals surface area contributed by atoms with E-state index in [0.717, 1.165) is 11.3 Å². The van der Waals surface area contributed by atoms with E-state index in [4.69, 9.17) is 9.15 Å². The number of amides is 1. The maximum atomic E-state index is 12.2. The van der Waals surface area contributed by atoms with Gasteiger partial charge in [-0.2, -0.15) is 4.98 Å². The van der Waals surface area contributed by atoms with Crippen LogP contribution >= 0.6 is 0 Å². The molecule has 22 heavy (non-hydrogen) atoms. The summed E-state index contributed by atoms with van der Waals surface area (Å²) in [4.78, 5) is 17.9. The molecule has 1 heterocycles. The molecule has 0 N–H and O–H groups in total. The Bertz CT molecular complexity index is 777. The van der Waals surface area contributed by atoms with Gasteiger partial charge in [0.1, 0.15) is 5.52 Å². The van der Waals surface area contributed by atoms with Crippen LogP contribution in [0.4, 0.5) is 5.69 Å². The fourth-order valence-electron chi connectivity index (χ4n) is 2.11. The number of ether oxygens (including phenoxy) is 1. The molecule has 3 aromatic rings. The number of carbonyl (C=O) groups is 1. The van der Waals surface area contributed by atoms with Crippen LogP contribution in [-0.4, -0.2) is 24.5 Å². The number of nitrogens with zero attached hydrogens (tertiary/aromatic N) is 2. The van der Waals surface area contributed by atoms with Crippen molar-refractivity contribution in [2.24, 2.45) is 0 Å². The largest absolute Gasteiger partial charge is 0.440 e. The molecule has 0 aliphatic heterocycles. The predicted octanol–water partition coefficient (Wildman–Crippen LogP) is 3.18. The highest BCUT2D eigenvalue weighted by atomic mass is 16.6. The monoisotopic (exact) mass is 296 g/mol. The molecule has 0 aliphatic rings. The Morgan fingerprint density at radius 3 is 2.82 bits per heavy atom. The summed E-state index contributed by atoms with van der Waals surface area (Å²) in [5.74, 6) is -0.173. The van der Waals surface area contributed by atoms with E-state index in [1.54, 1.807) is 18.0 Å². The smallest absolute Gasteiger partial charge is 0.395 e. The molecule has 0 saturated heterocycles. The number of para-hydroxylation sites is 2. The number of carbonyl (C=O) groups excluding carboxylic acids is 1. The summed E-state index contributed by atoms with van der Waals surface area (Å²) in [6, 6.07) is 15.1. The zero-order chi connectivity index (χ0) is 15.5. The minimum absolute atomic E-state index is 0.104. The van der Waals surface area contributed by atoms with Gasteiger partial charge >= 0.3 is 6.08 Å². The van der Waals surface area contributed by atoms with Crippen LogP contribution in [0.2, 0.25) is 0 Å². The van der Waals surface area contributed by atoms with E-state index in [9.17, 15) is 4.79 Å². The molecule has 1 aromatic heterocycles. The maximum absolute atomic E-state index is 12.2. The zero-order valence-corrected chi connectivity index (χ0v) is 12.4. The van der Waals surface area contributed by atoms with Crippen molar-refractivity contribution >= 4 is 22.7 Å². The van der Waals surface area contributed by atoms with Gasteiger partial charge in [0.25, 0.3) is 5.91 Å². The Balaban J connectivity index is 1.66. The van der Waals surface area contributed by atoms with Crippen LogP contribution < -0.4 is 9.64 Å². The number of oxazole rings is 1. The molecule has 0 fully saturated rings. The lowest BCUT2D eigenvalue weighted by Gasteiger charge is -2.17. The average molecular weight is 296 g/mol. The maximum Gasteiger partial charge on any atom is 0.395 e. The first kappa shape index (κ1) is 14.1. The molecule has 0 radical (unpaired) electrons. The topological polar surface area (TPSA) is 55.6 Å². The molecule has 2 aromatic carbocycles. The number of likely N-dealkylation sites (N-methyl/N-ethyl adjacent to an activating group) is 1. The second-order valence-corrected chi connectivity index (χ2v) is 5.03. The third-order valence-electron chi connectivity index (χ3n) is 3.36. The van der Waals surface area contributed by atoms with Gasteiger partial charge in [-0.05, 0) is 36.8 Å². The van der Waals surface area contributed by atoms with E-state index in [-0.39, 0.29) is 18.6 Å². The van der Waals surface area contributed by atoms with Gasteiger partial charge in [0, 0.05) is 12.7 Å². The Kier molecular flexibility index (Phi) is 3.78. The van der Waals surface area contributed by atoms with Crippen LogP contribution in [0, 0.1) is 6.92 Å². The molecule has 0 atom stereocenters. The van der Waals surface area contributed by atoms with Crippen LogP contribution in [0.25, 0.3) is 11.1 Å². The van der Waals surface area contributed by atoms with Gasteiger partial charge in [-0.15, -0.1) is 0 Å². The molecule has 3 rings (SSSR count). The lowest BCUT2D eigenvalue weighted by Crippen LogP contribution is -2.31. The van der Waals surface area contributed by atoms with Crippen molar-refractivity contribution in [1.82, 2.24) is 4.98 Å². The van der Waals surface area contributed by atoms with Gasteiger partial charge in [0.15, 0.2) is 12.2 Å².